The van der Waals surface area contributed by atoms with Gasteiger partial charge in [-0.25, -0.2) is 4.98 Å². The number of nitrogens with zero attached hydrogens (tertiary/aromatic N) is 3. The fourth-order valence-corrected chi connectivity index (χ4v) is 2.68. The van der Waals surface area contributed by atoms with E-state index in [9.17, 15) is 5.26 Å². The number of nitrogens with one attached hydrogen (secondary N) is 2. The van der Waals surface area contributed by atoms with Crippen LogP contribution >= 0.6 is 23.2 Å². The van der Waals surface area contributed by atoms with Gasteiger partial charge in [-0.2, -0.15) is 10.2 Å². The maximum atomic E-state index is 9.18. The lowest BCUT2D eigenvalue weighted by Crippen LogP contribution is -2.03. The molecule has 0 atom stereocenters. The molecule has 3 rings (SSSR count). The van der Waals surface area contributed by atoms with Gasteiger partial charge in [-0.1, -0.05) is 35.3 Å². The molecule has 7 heteroatoms. The molecule has 0 bridgehead atoms. The standard InChI is InChI=1S/C18H13Cl2N5/c1-11-8-17(23-16-7-6-13(19)9-14(16)20)25-18(22-11)24-15-5-3-2-4-12(15)10-21/h2-9H,1H3,(H2,22,23,24,25). The highest BCUT2D eigenvalue weighted by atomic mass is 35.5. The van der Waals surface area contributed by atoms with Crippen LogP contribution in [0.1, 0.15) is 11.3 Å². The van der Waals surface area contributed by atoms with Crippen molar-refractivity contribution in [3.63, 3.8) is 0 Å². The zero-order chi connectivity index (χ0) is 17.8. The summed E-state index contributed by atoms with van der Waals surface area (Å²) >= 11 is 12.1. The predicted molar refractivity (Wildman–Crippen MR) is 101 cm³/mol. The van der Waals surface area contributed by atoms with Crippen molar-refractivity contribution in [2.75, 3.05) is 10.6 Å². The van der Waals surface area contributed by atoms with E-state index in [4.69, 9.17) is 23.2 Å². The number of hydrogen-bond donors (Lipinski definition) is 2. The van der Waals surface area contributed by atoms with Gasteiger partial charge in [0.05, 0.1) is 22.0 Å². The molecule has 0 aliphatic rings. The van der Waals surface area contributed by atoms with Crippen molar-refractivity contribution in [3.8, 4) is 6.07 Å². The van der Waals surface area contributed by atoms with Crippen LogP contribution in [0.5, 0.6) is 0 Å². The quantitative estimate of drug-likeness (QED) is 0.639. The highest BCUT2D eigenvalue weighted by Crippen LogP contribution is 2.28. The third kappa shape index (κ3) is 4.18. The van der Waals surface area contributed by atoms with Gasteiger partial charge in [0.2, 0.25) is 5.95 Å². The first-order valence-corrected chi connectivity index (χ1v) is 8.14. The van der Waals surface area contributed by atoms with Crippen molar-refractivity contribution in [1.29, 1.82) is 5.26 Å². The van der Waals surface area contributed by atoms with E-state index in [1.165, 1.54) is 0 Å². The average Bonchev–Trinajstić information content (AvgIpc) is 2.57. The third-order valence-electron chi connectivity index (χ3n) is 3.34. The predicted octanol–water partition coefficient (Wildman–Crippen LogP) is 5.45. The van der Waals surface area contributed by atoms with Crippen molar-refractivity contribution in [2.24, 2.45) is 0 Å². The van der Waals surface area contributed by atoms with Crippen LogP contribution in [0.4, 0.5) is 23.1 Å². The molecular weight excluding hydrogens is 357 g/mol. The van der Waals surface area contributed by atoms with Crippen LogP contribution in [0, 0.1) is 18.3 Å². The normalized spacial score (nSPS) is 10.2. The Hall–Kier alpha value is -2.81. The number of aryl methyl sites for hydroxylation is 1. The lowest BCUT2D eigenvalue weighted by molar-refractivity contribution is 1.11. The lowest BCUT2D eigenvalue weighted by atomic mass is 10.2. The third-order valence-corrected chi connectivity index (χ3v) is 3.89. The first-order valence-electron chi connectivity index (χ1n) is 7.39. The molecule has 3 aromatic rings. The number of hydrogen-bond acceptors (Lipinski definition) is 5. The molecule has 25 heavy (non-hydrogen) atoms. The molecule has 2 N–H and O–H groups in total. The van der Waals surface area contributed by atoms with Crippen molar-refractivity contribution in [2.45, 2.75) is 6.92 Å². The molecule has 0 spiro atoms. The van der Waals surface area contributed by atoms with E-state index >= 15 is 0 Å². The molecule has 0 radical (unpaired) electrons. The Morgan fingerprint density at radius 1 is 0.960 bits per heavy atom. The highest BCUT2D eigenvalue weighted by molar-refractivity contribution is 6.36. The summed E-state index contributed by atoms with van der Waals surface area (Å²) < 4.78 is 0. The highest BCUT2D eigenvalue weighted by Gasteiger charge is 2.08. The second kappa shape index (κ2) is 7.39. The number of anilines is 4. The Morgan fingerprint density at radius 3 is 2.52 bits per heavy atom. The van der Waals surface area contributed by atoms with Crippen molar-refractivity contribution in [3.05, 3.63) is 69.8 Å². The van der Waals surface area contributed by atoms with Crippen LogP contribution in [-0.4, -0.2) is 9.97 Å². The number of aromatic nitrogens is 2. The monoisotopic (exact) mass is 369 g/mol. The fraction of sp³-hybridized carbons (Fsp3) is 0.0556. The molecule has 0 unspecified atom stereocenters. The number of benzene rings is 2. The first kappa shape index (κ1) is 17.0. The molecule has 0 amide bonds. The smallest absolute Gasteiger partial charge is 0.229 e. The molecule has 5 nitrogen and oxygen atoms in total. The van der Waals surface area contributed by atoms with Gasteiger partial charge in [0.15, 0.2) is 0 Å². The summed E-state index contributed by atoms with van der Waals surface area (Å²) in [5.41, 5.74) is 2.61. The average molecular weight is 370 g/mol. The van der Waals surface area contributed by atoms with Crippen LogP contribution in [-0.2, 0) is 0 Å². The minimum absolute atomic E-state index is 0.385. The van der Waals surface area contributed by atoms with E-state index < -0.39 is 0 Å². The molecular formula is C18H13Cl2N5. The summed E-state index contributed by atoms with van der Waals surface area (Å²) in [4.78, 5) is 8.79. The summed E-state index contributed by atoms with van der Waals surface area (Å²) in [6, 6.07) is 16.3. The Bertz CT molecular complexity index is 966. The molecule has 1 heterocycles. The molecule has 0 saturated heterocycles. The van der Waals surface area contributed by atoms with E-state index in [-0.39, 0.29) is 0 Å². The first-order chi connectivity index (χ1) is 12.0. The van der Waals surface area contributed by atoms with Gasteiger partial charge in [-0.15, -0.1) is 0 Å². The molecule has 0 aliphatic carbocycles. The lowest BCUT2D eigenvalue weighted by Gasteiger charge is -2.11. The molecule has 0 aliphatic heterocycles. The van der Waals surface area contributed by atoms with Crippen LogP contribution in [0.2, 0.25) is 10.0 Å². The Morgan fingerprint density at radius 2 is 1.76 bits per heavy atom. The maximum Gasteiger partial charge on any atom is 0.229 e. The molecule has 1 aromatic heterocycles. The van der Waals surface area contributed by atoms with Crippen LogP contribution in [0.3, 0.4) is 0 Å². The van der Waals surface area contributed by atoms with E-state index in [0.29, 0.717) is 38.7 Å². The summed E-state index contributed by atoms with van der Waals surface area (Å²) in [5.74, 6) is 0.962. The van der Waals surface area contributed by atoms with Crippen molar-refractivity contribution < 1.29 is 0 Å². The summed E-state index contributed by atoms with van der Waals surface area (Å²) in [7, 11) is 0. The SMILES string of the molecule is Cc1cc(Nc2ccc(Cl)cc2Cl)nc(Nc2ccccc2C#N)n1. The number of nitriles is 1. The maximum absolute atomic E-state index is 9.18. The Kier molecular flexibility index (Phi) is 5.03. The van der Waals surface area contributed by atoms with Crippen molar-refractivity contribution in [1.82, 2.24) is 9.97 Å². The van der Waals surface area contributed by atoms with Gasteiger partial charge in [-0.05, 0) is 37.3 Å². The Balaban J connectivity index is 1.89. The zero-order valence-corrected chi connectivity index (χ0v) is 14.7. The molecule has 2 aromatic carbocycles. The van der Waals surface area contributed by atoms with Gasteiger partial charge >= 0.3 is 0 Å². The summed E-state index contributed by atoms with van der Waals surface area (Å²) in [6.07, 6.45) is 0. The minimum atomic E-state index is 0.385. The molecule has 0 fully saturated rings. The number of rotatable bonds is 4. The fourth-order valence-electron chi connectivity index (χ4n) is 2.23. The van der Waals surface area contributed by atoms with Crippen LogP contribution in [0.25, 0.3) is 0 Å². The summed E-state index contributed by atoms with van der Waals surface area (Å²) in [5, 5.41) is 16.5. The number of halogens is 2. The number of para-hydroxylation sites is 1. The van der Waals surface area contributed by atoms with Gasteiger partial charge in [-0.3, -0.25) is 0 Å². The molecule has 0 saturated carbocycles. The molecule has 124 valence electrons. The van der Waals surface area contributed by atoms with Gasteiger partial charge < -0.3 is 10.6 Å². The van der Waals surface area contributed by atoms with Crippen molar-refractivity contribution >= 4 is 46.3 Å². The summed E-state index contributed by atoms with van der Waals surface area (Å²) in [6.45, 7) is 1.86. The van der Waals surface area contributed by atoms with Gasteiger partial charge in [0.1, 0.15) is 11.9 Å². The second-order valence-corrected chi connectivity index (χ2v) is 6.09. The van der Waals surface area contributed by atoms with E-state index in [1.807, 2.05) is 13.0 Å². The van der Waals surface area contributed by atoms with Gasteiger partial charge in [0, 0.05) is 16.8 Å². The Labute approximate surface area is 155 Å². The second-order valence-electron chi connectivity index (χ2n) is 5.25. The van der Waals surface area contributed by atoms with E-state index in [0.717, 1.165) is 5.69 Å². The van der Waals surface area contributed by atoms with Gasteiger partial charge in [0.25, 0.3) is 0 Å². The largest absolute Gasteiger partial charge is 0.339 e. The van der Waals surface area contributed by atoms with Crippen LogP contribution < -0.4 is 10.6 Å². The minimum Gasteiger partial charge on any atom is -0.339 e. The zero-order valence-electron chi connectivity index (χ0n) is 13.2. The van der Waals surface area contributed by atoms with E-state index in [2.05, 4.69) is 26.7 Å². The van der Waals surface area contributed by atoms with E-state index in [1.54, 1.807) is 42.5 Å². The van der Waals surface area contributed by atoms with Crippen LogP contribution in [0.15, 0.2) is 48.5 Å². The topological polar surface area (TPSA) is 73.6 Å².